The Morgan fingerprint density at radius 2 is 2.29 bits per heavy atom. The second-order valence-electron chi connectivity index (χ2n) is 3.98. The molecule has 0 aliphatic carbocycles. The van der Waals surface area contributed by atoms with Crippen molar-refractivity contribution >= 4 is 22.9 Å². The Bertz CT molecular complexity index is 438. The Balaban J connectivity index is 2.07. The zero-order valence-electron chi connectivity index (χ0n) is 9.78. The van der Waals surface area contributed by atoms with Gasteiger partial charge in [0.15, 0.2) is 5.22 Å². The zero-order valence-corrected chi connectivity index (χ0v) is 11.4. The zero-order chi connectivity index (χ0) is 12.1. The molecule has 0 radical (unpaired) electrons. The molecule has 0 amide bonds. The number of nitrogens with one attached hydrogen (secondary N) is 1. The van der Waals surface area contributed by atoms with Crippen LogP contribution in [0.25, 0.3) is 0 Å². The fraction of sp³-hybridized carbons (Fsp3) is 0.385. The first-order valence-corrected chi connectivity index (χ1v) is 7.11. The molecule has 0 bridgehead atoms. The van der Waals surface area contributed by atoms with Crippen LogP contribution in [0.3, 0.4) is 0 Å². The number of rotatable bonds is 6. The molecule has 0 aliphatic rings. The van der Waals surface area contributed by atoms with Gasteiger partial charge in [0, 0.05) is 0 Å². The largest absolute Gasteiger partial charge is 0.448 e. The summed E-state index contributed by atoms with van der Waals surface area (Å²) in [7, 11) is 0. The molecule has 0 fully saturated rings. The smallest absolute Gasteiger partial charge is 0.193 e. The van der Waals surface area contributed by atoms with Crippen LogP contribution in [0.15, 0.2) is 33.4 Å². The monoisotopic (exact) mass is 269 g/mol. The summed E-state index contributed by atoms with van der Waals surface area (Å²) >= 11 is 7.55. The highest BCUT2D eigenvalue weighted by molar-refractivity contribution is 7.07. The standard InChI is InChI=1S/C13H16ClNOS/c1-2-6-15-11(8-10-5-7-17-9-10)12-3-4-13(14)16-12/h3-5,7,9,11,15H,2,6,8H2,1H3. The number of furan rings is 1. The maximum Gasteiger partial charge on any atom is 0.193 e. The van der Waals surface area contributed by atoms with E-state index in [2.05, 4.69) is 29.1 Å². The van der Waals surface area contributed by atoms with E-state index in [4.69, 9.17) is 16.0 Å². The third-order valence-electron chi connectivity index (χ3n) is 2.60. The molecule has 2 aromatic heterocycles. The van der Waals surface area contributed by atoms with Crippen molar-refractivity contribution < 1.29 is 4.42 Å². The molecule has 2 nitrogen and oxygen atoms in total. The van der Waals surface area contributed by atoms with Gasteiger partial charge < -0.3 is 9.73 Å². The van der Waals surface area contributed by atoms with E-state index in [1.165, 1.54) is 5.56 Å². The second kappa shape index (κ2) is 6.24. The summed E-state index contributed by atoms with van der Waals surface area (Å²) in [5.41, 5.74) is 1.33. The van der Waals surface area contributed by atoms with Crippen molar-refractivity contribution in [2.24, 2.45) is 0 Å². The highest BCUT2D eigenvalue weighted by Gasteiger charge is 2.15. The fourth-order valence-corrected chi connectivity index (χ4v) is 2.59. The Morgan fingerprint density at radius 3 is 2.88 bits per heavy atom. The van der Waals surface area contributed by atoms with E-state index in [1.807, 2.05) is 6.07 Å². The Morgan fingerprint density at radius 1 is 1.41 bits per heavy atom. The van der Waals surface area contributed by atoms with Crippen LogP contribution in [0.2, 0.25) is 5.22 Å². The van der Waals surface area contributed by atoms with Crippen molar-refractivity contribution in [3.63, 3.8) is 0 Å². The molecule has 0 saturated heterocycles. The van der Waals surface area contributed by atoms with E-state index >= 15 is 0 Å². The third kappa shape index (κ3) is 3.60. The van der Waals surface area contributed by atoms with Gasteiger partial charge in [-0.15, -0.1) is 0 Å². The van der Waals surface area contributed by atoms with E-state index in [0.717, 1.165) is 25.1 Å². The fourth-order valence-electron chi connectivity index (χ4n) is 1.75. The lowest BCUT2D eigenvalue weighted by Gasteiger charge is -2.15. The van der Waals surface area contributed by atoms with Gasteiger partial charge in [0.2, 0.25) is 0 Å². The minimum Gasteiger partial charge on any atom is -0.448 e. The number of halogens is 1. The van der Waals surface area contributed by atoms with Crippen LogP contribution in [-0.4, -0.2) is 6.54 Å². The molecule has 2 heterocycles. The van der Waals surface area contributed by atoms with Gasteiger partial charge in [0.05, 0.1) is 6.04 Å². The predicted molar refractivity (Wildman–Crippen MR) is 72.8 cm³/mol. The van der Waals surface area contributed by atoms with Gasteiger partial charge in [-0.2, -0.15) is 11.3 Å². The number of hydrogen-bond donors (Lipinski definition) is 1. The Kier molecular flexibility index (Phi) is 4.66. The molecule has 0 aliphatic heterocycles. The van der Waals surface area contributed by atoms with Gasteiger partial charge in [0.1, 0.15) is 5.76 Å². The quantitative estimate of drug-likeness (QED) is 0.847. The van der Waals surface area contributed by atoms with Gasteiger partial charge in [-0.3, -0.25) is 0 Å². The van der Waals surface area contributed by atoms with Crippen molar-refractivity contribution in [3.05, 3.63) is 45.5 Å². The molecular weight excluding hydrogens is 254 g/mol. The molecule has 2 aromatic rings. The molecule has 0 spiro atoms. The van der Waals surface area contributed by atoms with E-state index in [-0.39, 0.29) is 6.04 Å². The molecule has 17 heavy (non-hydrogen) atoms. The van der Waals surface area contributed by atoms with Gasteiger partial charge in [0.25, 0.3) is 0 Å². The lowest BCUT2D eigenvalue weighted by molar-refractivity contribution is 0.411. The summed E-state index contributed by atoms with van der Waals surface area (Å²) in [6, 6.07) is 6.10. The van der Waals surface area contributed by atoms with Crippen LogP contribution in [0.4, 0.5) is 0 Å². The van der Waals surface area contributed by atoms with E-state index in [9.17, 15) is 0 Å². The summed E-state index contributed by atoms with van der Waals surface area (Å²) in [4.78, 5) is 0. The molecule has 1 unspecified atom stereocenters. The van der Waals surface area contributed by atoms with Gasteiger partial charge >= 0.3 is 0 Å². The summed E-state index contributed by atoms with van der Waals surface area (Å²) < 4.78 is 5.50. The van der Waals surface area contributed by atoms with E-state index in [1.54, 1.807) is 17.4 Å². The average molecular weight is 270 g/mol. The topological polar surface area (TPSA) is 25.2 Å². The Hall–Kier alpha value is -0.770. The maximum atomic E-state index is 5.83. The first kappa shape index (κ1) is 12.7. The van der Waals surface area contributed by atoms with Crippen molar-refractivity contribution in [2.75, 3.05) is 6.54 Å². The Labute approximate surface area is 111 Å². The van der Waals surface area contributed by atoms with Crippen molar-refractivity contribution in [1.82, 2.24) is 5.32 Å². The number of thiophene rings is 1. The lowest BCUT2D eigenvalue weighted by Crippen LogP contribution is -2.23. The van der Waals surface area contributed by atoms with Crippen LogP contribution < -0.4 is 5.32 Å². The van der Waals surface area contributed by atoms with Crippen LogP contribution in [0.1, 0.15) is 30.7 Å². The molecule has 92 valence electrons. The van der Waals surface area contributed by atoms with E-state index in [0.29, 0.717) is 5.22 Å². The molecule has 2 rings (SSSR count). The normalized spacial score (nSPS) is 12.8. The minimum absolute atomic E-state index is 0.206. The van der Waals surface area contributed by atoms with Gasteiger partial charge in [-0.1, -0.05) is 6.92 Å². The molecular formula is C13H16ClNOS. The molecule has 1 atom stereocenters. The highest BCUT2D eigenvalue weighted by atomic mass is 35.5. The van der Waals surface area contributed by atoms with Crippen LogP contribution >= 0.6 is 22.9 Å². The summed E-state index contributed by atoms with van der Waals surface area (Å²) in [6.45, 7) is 3.14. The summed E-state index contributed by atoms with van der Waals surface area (Å²) in [5, 5.41) is 8.21. The molecule has 1 N–H and O–H groups in total. The number of hydrogen-bond acceptors (Lipinski definition) is 3. The first-order valence-electron chi connectivity index (χ1n) is 5.79. The van der Waals surface area contributed by atoms with Gasteiger partial charge in [-0.25, -0.2) is 0 Å². The summed E-state index contributed by atoms with van der Waals surface area (Å²) in [5.74, 6) is 0.912. The van der Waals surface area contributed by atoms with Crippen LogP contribution in [-0.2, 0) is 6.42 Å². The maximum absolute atomic E-state index is 5.83. The average Bonchev–Trinajstić information content (AvgIpc) is 2.95. The highest BCUT2D eigenvalue weighted by Crippen LogP contribution is 2.24. The van der Waals surface area contributed by atoms with Crippen molar-refractivity contribution in [1.29, 1.82) is 0 Å². The van der Waals surface area contributed by atoms with Gasteiger partial charge in [-0.05, 0) is 65.5 Å². The molecule has 0 saturated carbocycles. The summed E-state index contributed by atoms with van der Waals surface area (Å²) in [6.07, 6.45) is 2.04. The molecule has 4 heteroatoms. The molecule has 0 aromatic carbocycles. The minimum atomic E-state index is 0.206. The van der Waals surface area contributed by atoms with Crippen molar-refractivity contribution in [3.8, 4) is 0 Å². The SMILES string of the molecule is CCCNC(Cc1ccsc1)c1ccc(Cl)o1. The van der Waals surface area contributed by atoms with Crippen LogP contribution in [0, 0.1) is 0 Å². The first-order chi connectivity index (χ1) is 8.29. The van der Waals surface area contributed by atoms with Crippen LogP contribution in [0.5, 0.6) is 0 Å². The van der Waals surface area contributed by atoms with Crippen molar-refractivity contribution in [2.45, 2.75) is 25.8 Å². The predicted octanol–water partition coefficient (Wildman–Crippen LogP) is 4.28. The lowest BCUT2D eigenvalue weighted by atomic mass is 10.1. The third-order valence-corrected chi connectivity index (χ3v) is 3.53. The van der Waals surface area contributed by atoms with E-state index < -0.39 is 0 Å². The second-order valence-corrected chi connectivity index (χ2v) is 5.14.